The molecule has 9 nitrogen and oxygen atoms in total. The molecule has 1 aromatic heterocycles. The second-order valence-electron chi connectivity index (χ2n) is 9.52. The molecular formula is C24H34N6O3. The highest BCUT2D eigenvalue weighted by molar-refractivity contribution is 5.98. The molecule has 9 heteroatoms. The van der Waals surface area contributed by atoms with Crippen LogP contribution in [0.5, 0.6) is 0 Å². The van der Waals surface area contributed by atoms with Crippen LogP contribution in [-0.4, -0.2) is 65.9 Å². The van der Waals surface area contributed by atoms with E-state index in [1.54, 1.807) is 26.2 Å². The highest BCUT2D eigenvalue weighted by atomic mass is 16.2. The van der Waals surface area contributed by atoms with Crippen LogP contribution in [0.2, 0.25) is 0 Å². The van der Waals surface area contributed by atoms with Crippen LogP contribution in [0.1, 0.15) is 53.7 Å². The monoisotopic (exact) mass is 454 g/mol. The SMILES string of the molecule is CNC(=O)c1ccc(-c2nc(C(=O)NC(C(=O)NC)C(C)(C)C)c3n2CCCN(C)C3)cc1. The molecule has 1 aliphatic heterocycles. The summed E-state index contributed by atoms with van der Waals surface area (Å²) in [6.07, 6.45) is 0.924. The van der Waals surface area contributed by atoms with Crippen molar-refractivity contribution in [3.8, 4) is 11.4 Å². The number of nitrogens with one attached hydrogen (secondary N) is 3. The van der Waals surface area contributed by atoms with Gasteiger partial charge in [0.15, 0.2) is 5.69 Å². The van der Waals surface area contributed by atoms with Gasteiger partial charge in [0, 0.05) is 38.3 Å². The number of hydrogen-bond acceptors (Lipinski definition) is 5. The lowest BCUT2D eigenvalue weighted by molar-refractivity contribution is -0.124. The zero-order valence-corrected chi connectivity index (χ0v) is 20.3. The van der Waals surface area contributed by atoms with Crippen LogP contribution in [-0.2, 0) is 17.9 Å². The van der Waals surface area contributed by atoms with E-state index in [4.69, 9.17) is 4.98 Å². The predicted molar refractivity (Wildman–Crippen MR) is 127 cm³/mol. The topological polar surface area (TPSA) is 108 Å². The van der Waals surface area contributed by atoms with Crippen molar-refractivity contribution in [2.45, 2.75) is 46.3 Å². The third-order valence-corrected chi connectivity index (χ3v) is 5.91. The number of imidazole rings is 1. The highest BCUT2D eigenvalue weighted by Gasteiger charge is 2.34. The quantitative estimate of drug-likeness (QED) is 0.637. The van der Waals surface area contributed by atoms with Crippen molar-refractivity contribution in [3.05, 3.63) is 41.2 Å². The van der Waals surface area contributed by atoms with E-state index in [2.05, 4.69) is 25.4 Å². The molecule has 3 N–H and O–H groups in total. The third kappa shape index (κ3) is 5.24. The van der Waals surface area contributed by atoms with Crippen molar-refractivity contribution in [2.75, 3.05) is 27.7 Å². The van der Waals surface area contributed by atoms with Gasteiger partial charge in [-0.2, -0.15) is 0 Å². The van der Waals surface area contributed by atoms with Gasteiger partial charge >= 0.3 is 0 Å². The first-order valence-corrected chi connectivity index (χ1v) is 11.2. The summed E-state index contributed by atoms with van der Waals surface area (Å²) >= 11 is 0. The molecule has 1 atom stereocenters. The molecule has 2 aromatic rings. The van der Waals surface area contributed by atoms with Gasteiger partial charge in [0.2, 0.25) is 5.91 Å². The molecule has 3 rings (SSSR count). The first-order chi connectivity index (χ1) is 15.6. The lowest BCUT2D eigenvalue weighted by Crippen LogP contribution is -2.53. The average Bonchev–Trinajstić information content (AvgIpc) is 3.02. The molecular weight excluding hydrogens is 420 g/mol. The maximum Gasteiger partial charge on any atom is 0.272 e. The number of hydrogen-bond donors (Lipinski definition) is 3. The molecule has 1 unspecified atom stereocenters. The zero-order chi connectivity index (χ0) is 24.3. The molecule has 0 spiro atoms. The maximum atomic E-state index is 13.4. The molecule has 1 aliphatic rings. The number of likely N-dealkylation sites (N-methyl/N-ethyl adjacent to an activating group) is 1. The van der Waals surface area contributed by atoms with E-state index in [0.29, 0.717) is 23.6 Å². The minimum Gasteiger partial charge on any atom is -0.357 e. The normalized spacial score (nSPS) is 15.2. The molecule has 0 saturated carbocycles. The average molecular weight is 455 g/mol. The van der Waals surface area contributed by atoms with Gasteiger partial charge in [0.1, 0.15) is 11.9 Å². The number of amides is 3. The Morgan fingerprint density at radius 2 is 1.67 bits per heavy atom. The van der Waals surface area contributed by atoms with Gasteiger partial charge in [-0.15, -0.1) is 0 Å². The summed E-state index contributed by atoms with van der Waals surface area (Å²) in [4.78, 5) is 44.7. The number of fused-ring (bicyclic) bond motifs is 1. The Balaban J connectivity index is 2.03. The molecule has 0 aliphatic carbocycles. The Labute approximate surface area is 194 Å². The second kappa shape index (κ2) is 9.74. The van der Waals surface area contributed by atoms with E-state index in [1.165, 1.54) is 0 Å². The van der Waals surface area contributed by atoms with Crippen LogP contribution < -0.4 is 16.0 Å². The van der Waals surface area contributed by atoms with Crippen molar-refractivity contribution in [2.24, 2.45) is 5.41 Å². The molecule has 0 fully saturated rings. The summed E-state index contributed by atoms with van der Waals surface area (Å²) in [6.45, 7) is 7.94. The van der Waals surface area contributed by atoms with E-state index in [-0.39, 0.29) is 17.7 Å². The van der Waals surface area contributed by atoms with Gasteiger partial charge in [0.05, 0.1) is 5.69 Å². The minimum atomic E-state index is -0.703. The van der Waals surface area contributed by atoms with Gasteiger partial charge in [0.25, 0.3) is 11.8 Å². The van der Waals surface area contributed by atoms with Gasteiger partial charge in [-0.3, -0.25) is 14.4 Å². The Hall–Kier alpha value is -3.20. The molecule has 3 amide bonds. The van der Waals surface area contributed by atoms with E-state index in [1.807, 2.05) is 40.0 Å². The lowest BCUT2D eigenvalue weighted by Gasteiger charge is -2.29. The van der Waals surface area contributed by atoms with Gasteiger partial charge < -0.3 is 25.4 Å². The molecule has 178 valence electrons. The van der Waals surface area contributed by atoms with Crippen molar-refractivity contribution < 1.29 is 14.4 Å². The lowest BCUT2D eigenvalue weighted by atomic mass is 9.86. The fraction of sp³-hybridized carbons (Fsp3) is 0.500. The Kier molecular flexibility index (Phi) is 7.22. The van der Waals surface area contributed by atoms with Gasteiger partial charge in [-0.25, -0.2) is 4.98 Å². The van der Waals surface area contributed by atoms with Crippen molar-refractivity contribution in [3.63, 3.8) is 0 Å². The third-order valence-electron chi connectivity index (χ3n) is 5.91. The van der Waals surface area contributed by atoms with E-state index >= 15 is 0 Å². The summed E-state index contributed by atoms with van der Waals surface area (Å²) in [5.74, 6) is -0.0946. The van der Waals surface area contributed by atoms with E-state index in [0.717, 1.165) is 30.8 Å². The standard InChI is InChI=1S/C24H34N6O3/c1-24(2,3)19(23(33)26-5)28-22(32)18-17-14-29(6)12-7-13-30(17)20(27-18)15-8-10-16(11-9-15)21(31)25-4/h8-11,19H,7,12-14H2,1-6H3,(H,25,31)(H,26,33)(H,28,32). The molecule has 0 radical (unpaired) electrons. The van der Waals surface area contributed by atoms with Crippen LogP contribution in [0, 0.1) is 5.41 Å². The van der Waals surface area contributed by atoms with Crippen LogP contribution in [0.4, 0.5) is 0 Å². The molecule has 1 aromatic carbocycles. The smallest absolute Gasteiger partial charge is 0.272 e. The van der Waals surface area contributed by atoms with E-state index < -0.39 is 11.5 Å². The Morgan fingerprint density at radius 1 is 1.00 bits per heavy atom. The van der Waals surface area contributed by atoms with E-state index in [9.17, 15) is 14.4 Å². The first-order valence-electron chi connectivity index (χ1n) is 11.2. The molecule has 33 heavy (non-hydrogen) atoms. The summed E-state index contributed by atoms with van der Waals surface area (Å²) in [5, 5.41) is 8.16. The van der Waals surface area contributed by atoms with Crippen molar-refractivity contribution in [1.29, 1.82) is 0 Å². The van der Waals surface area contributed by atoms with Crippen LogP contribution in [0.25, 0.3) is 11.4 Å². The number of carbonyl (C=O) groups excluding carboxylic acids is 3. The van der Waals surface area contributed by atoms with Gasteiger partial charge in [-0.1, -0.05) is 32.9 Å². The van der Waals surface area contributed by atoms with Crippen LogP contribution in [0.3, 0.4) is 0 Å². The fourth-order valence-electron chi connectivity index (χ4n) is 4.06. The number of rotatable bonds is 5. The summed E-state index contributed by atoms with van der Waals surface area (Å²) in [5.41, 5.74) is 2.06. The largest absolute Gasteiger partial charge is 0.357 e. The van der Waals surface area contributed by atoms with Crippen molar-refractivity contribution in [1.82, 2.24) is 30.4 Å². The second-order valence-corrected chi connectivity index (χ2v) is 9.52. The number of carbonyl (C=O) groups is 3. The van der Waals surface area contributed by atoms with Gasteiger partial charge in [-0.05, 0) is 37.6 Å². The maximum absolute atomic E-state index is 13.4. The first kappa shape index (κ1) is 24.4. The minimum absolute atomic E-state index is 0.160. The Bertz CT molecular complexity index is 1040. The van der Waals surface area contributed by atoms with Crippen molar-refractivity contribution >= 4 is 17.7 Å². The Morgan fingerprint density at radius 3 is 2.24 bits per heavy atom. The molecule has 0 saturated heterocycles. The van der Waals surface area contributed by atoms with Crippen LogP contribution in [0.15, 0.2) is 24.3 Å². The summed E-state index contributed by atoms with van der Waals surface area (Å²) < 4.78 is 2.08. The predicted octanol–water partition coefficient (Wildman–Crippen LogP) is 1.64. The van der Waals surface area contributed by atoms with Crippen LogP contribution >= 0.6 is 0 Å². The summed E-state index contributed by atoms with van der Waals surface area (Å²) in [6, 6.07) is 6.49. The highest BCUT2D eigenvalue weighted by Crippen LogP contribution is 2.27. The zero-order valence-electron chi connectivity index (χ0n) is 20.3. The molecule has 0 bridgehead atoms. The number of benzene rings is 1. The fourth-order valence-corrected chi connectivity index (χ4v) is 4.06. The number of nitrogens with zero attached hydrogens (tertiary/aromatic N) is 3. The number of aromatic nitrogens is 2. The summed E-state index contributed by atoms with van der Waals surface area (Å²) in [7, 11) is 5.17. The molecule has 2 heterocycles.